The smallest absolute Gasteiger partial charge is 0.327 e. The Kier molecular flexibility index (Phi) is 27.9. The zero-order valence-corrected chi connectivity index (χ0v) is 48.9. The first kappa shape index (κ1) is 70.7. The summed E-state index contributed by atoms with van der Waals surface area (Å²) >= 11 is 7.97. The van der Waals surface area contributed by atoms with Crippen LogP contribution in [0.1, 0.15) is 49.8 Å². The summed E-state index contributed by atoms with van der Waals surface area (Å²) in [5.74, 6) is -14.2. The summed E-state index contributed by atoms with van der Waals surface area (Å²) in [6.45, 7) is 0.995. The number of carboxylic acid groups (broad SMARTS) is 1. The van der Waals surface area contributed by atoms with Crippen LogP contribution in [0.15, 0.2) is 85.1 Å². The number of aliphatic carboxylic acids is 1. The van der Waals surface area contributed by atoms with E-state index in [9.17, 15) is 83.1 Å². The van der Waals surface area contributed by atoms with Crippen molar-refractivity contribution in [3.63, 3.8) is 0 Å². The van der Waals surface area contributed by atoms with E-state index in [1.807, 2.05) is 0 Å². The third-order valence-corrected chi connectivity index (χ3v) is 14.0. The van der Waals surface area contributed by atoms with Crippen molar-refractivity contribution in [2.24, 2.45) is 17.2 Å². The van der Waals surface area contributed by atoms with Crippen LogP contribution in [-0.2, 0) is 76.8 Å². The molecular weight excluding hydrogens is 1180 g/mol. The fourth-order valence-electron chi connectivity index (χ4n) is 8.50. The maximum atomic E-state index is 14.5. The minimum atomic E-state index is -2.00. The Morgan fingerprint density at radius 2 is 0.943 bits per heavy atom. The molecule has 11 amide bonds. The second-order valence-electron chi connectivity index (χ2n) is 20.2. The third-order valence-electron chi connectivity index (χ3n) is 13.3. The van der Waals surface area contributed by atoms with E-state index in [0.717, 1.165) is 13.8 Å². The number of para-hydroxylation sites is 1. The predicted molar refractivity (Wildman–Crippen MR) is 317 cm³/mol. The molecule has 0 saturated heterocycles. The Labute approximate surface area is 508 Å². The molecule has 0 fully saturated rings. The van der Waals surface area contributed by atoms with Crippen LogP contribution < -0.4 is 65.1 Å². The molecule has 0 bridgehead atoms. The second-order valence-corrected chi connectivity index (χ2v) is 20.9. The normalized spacial score (nSPS) is 15.3. The van der Waals surface area contributed by atoms with Gasteiger partial charge in [0.2, 0.25) is 65.0 Å². The van der Waals surface area contributed by atoms with Crippen LogP contribution in [0.3, 0.4) is 0 Å². The summed E-state index contributed by atoms with van der Waals surface area (Å²) in [5, 5.41) is 73.3. The van der Waals surface area contributed by atoms with Crippen molar-refractivity contribution in [3.05, 3.63) is 102 Å². The number of nitrogens with two attached hydrogens (primary N) is 3. The molecule has 32 heteroatoms. The maximum absolute atomic E-state index is 14.5. The van der Waals surface area contributed by atoms with Gasteiger partial charge in [-0.15, -0.1) is 0 Å². The summed E-state index contributed by atoms with van der Waals surface area (Å²) < 4.78 is 0. The molecule has 4 rings (SSSR count). The quantitative estimate of drug-likeness (QED) is 0.0191. The molecular formula is C55H73N13O17S2. The molecule has 21 N–H and O–H groups in total. The number of primary amides is 2. The number of phenols is 1. The molecule has 472 valence electrons. The zero-order chi connectivity index (χ0) is 64.7. The Morgan fingerprint density at radius 1 is 0.506 bits per heavy atom. The molecule has 30 nitrogen and oxygen atoms in total. The summed E-state index contributed by atoms with van der Waals surface area (Å²) in [4.78, 5) is 164. The number of carbonyl (C=O) groups excluding carboxylic acids is 11. The highest BCUT2D eigenvalue weighted by atomic mass is 32.1. The van der Waals surface area contributed by atoms with Gasteiger partial charge in [0.15, 0.2) is 0 Å². The van der Waals surface area contributed by atoms with E-state index in [2.05, 4.69) is 78.1 Å². The van der Waals surface area contributed by atoms with E-state index in [-0.39, 0.29) is 42.9 Å². The standard InChI is InChI=1S/C55H73N13O17S2/c1-26(70)44(68-51(80)37(18-28-8-4-3-5-9-28)62-52(81)40(23-69)65-54(83)45(27(2)71)67-47(76)35(16-17-42(57)73)60-46(75)33(56)24-86)53(82)64-39(21-43(58)74)50(79)61-36(19-29-12-14-31(72)15-13-29)48(77)63-38(49(78)66-41(25-87)55(84)85)20-30-22-59-34-11-7-6-10-32(30)34/h3-15,22,26-27,33,35-41,44-45,59,69-72,86-87H,16-21,23-25,56H2,1-2H3,(H2,57,73)(H2,58,74)(H,60,75)(H,61,79)(H,62,81)(H,63,77)(H,64,82)(H,65,83)(H,66,78)(H,67,76)(H,68,80)(H,84,85)/t26-,27-,33+,35+,36+,37+,38+,39+,40+,41+,44+,45+/m1/s1. The van der Waals surface area contributed by atoms with Gasteiger partial charge in [0.25, 0.3) is 0 Å². The van der Waals surface area contributed by atoms with Gasteiger partial charge in [-0.25, -0.2) is 4.79 Å². The number of aromatic nitrogens is 1. The van der Waals surface area contributed by atoms with E-state index in [4.69, 9.17) is 17.2 Å². The first-order valence-corrected chi connectivity index (χ1v) is 28.3. The third kappa shape index (κ3) is 22.2. The summed E-state index contributed by atoms with van der Waals surface area (Å²) in [6, 6.07) is 3.44. The van der Waals surface area contributed by atoms with Gasteiger partial charge in [-0.2, -0.15) is 25.3 Å². The number of hydrogen-bond donors (Lipinski definition) is 20. The molecule has 1 aromatic heterocycles. The minimum absolute atomic E-state index is 0.139. The SMILES string of the molecule is C[C@@H](O)[C@H](NC(=O)[C@H](Cc1ccccc1)NC(=O)[C@H](CO)NC(=O)[C@@H](NC(=O)[C@H](CCC(N)=O)NC(=O)[C@@H](N)CS)[C@@H](C)O)C(=O)N[C@@H](CC(N)=O)C(=O)N[C@@H](Cc1ccc(O)cc1)C(=O)N[C@@H](Cc1c[nH]c2ccccc12)C(=O)N[C@@H](CS)C(=O)O. The van der Waals surface area contributed by atoms with Gasteiger partial charge in [-0.05, 0) is 55.2 Å². The van der Waals surface area contributed by atoms with Crippen LogP contribution in [0, 0.1) is 0 Å². The molecule has 87 heavy (non-hydrogen) atoms. The largest absolute Gasteiger partial charge is 0.508 e. The van der Waals surface area contributed by atoms with E-state index in [1.165, 1.54) is 24.3 Å². The number of carbonyl (C=O) groups is 12. The average Bonchev–Trinajstić information content (AvgIpc) is 2.19. The minimum Gasteiger partial charge on any atom is -0.508 e. The van der Waals surface area contributed by atoms with Crippen LogP contribution in [0.2, 0.25) is 0 Å². The van der Waals surface area contributed by atoms with Crippen molar-refractivity contribution in [1.29, 1.82) is 0 Å². The Morgan fingerprint density at radius 3 is 1.44 bits per heavy atom. The monoisotopic (exact) mass is 1250 g/mol. The Balaban J connectivity index is 1.60. The molecule has 0 aliphatic rings. The van der Waals surface area contributed by atoms with Gasteiger partial charge in [-0.3, -0.25) is 52.7 Å². The molecule has 0 saturated carbocycles. The van der Waals surface area contributed by atoms with E-state index in [0.29, 0.717) is 27.6 Å². The van der Waals surface area contributed by atoms with Crippen molar-refractivity contribution in [3.8, 4) is 5.75 Å². The predicted octanol–water partition coefficient (Wildman–Crippen LogP) is -5.57. The van der Waals surface area contributed by atoms with Crippen molar-refractivity contribution in [2.45, 2.75) is 125 Å². The van der Waals surface area contributed by atoms with Gasteiger partial charge in [0.1, 0.15) is 60.1 Å². The number of thiol groups is 2. The van der Waals surface area contributed by atoms with Gasteiger partial charge in [0.05, 0.1) is 31.3 Å². The lowest BCUT2D eigenvalue weighted by Crippen LogP contribution is -2.63. The van der Waals surface area contributed by atoms with E-state index in [1.54, 1.807) is 60.8 Å². The number of aliphatic hydroxyl groups is 3. The molecule has 12 atom stereocenters. The van der Waals surface area contributed by atoms with Gasteiger partial charge < -0.3 is 95.6 Å². The van der Waals surface area contributed by atoms with Crippen LogP contribution in [-0.4, -0.2) is 192 Å². The fraction of sp³-hybridized carbons (Fsp3) is 0.418. The molecule has 0 radical (unpaired) electrons. The number of aromatic amines is 1. The van der Waals surface area contributed by atoms with Crippen LogP contribution >= 0.6 is 25.3 Å². The van der Waals surface area contributed by atoms with Crippen LogP contribution in [0.5, 0.6) is 5.75 Å². The topological polar surface area (TPSA) is 508 Å². The number of aliphatic hydroxyl groups excluding tert-OH is 3. The molecule has 0 aliphatic carbocycles. The molecule has 4 aromatic rings. The van der Waals surface area contributed by atoms with Crippen molar-refractivity contribution in [1.82, 2.24) is 52.8 Å². The van der Waals surface area contributed by atoms with Crippen molar-refractivity contribution >= 4 is 107 Å². The maximum Gasteiger partial charge on any atom is 0.327 e. The lowest BCUT2D eigenvalue weighted by atomic mass is 10.0. The van der Waals surface area contributed by atoms with Crippen molar-refractivity contribution in [2.75, 3.05) is 18.1 Å². The molecule has 0 unspecified atom stereocenters. The average molecular weight is 1250 g/mol. The molecule has 3 aromatic carbocycles. The van der Waals surface area contributed by atoms with Gasteiger partial charge >= 0.3 is 5.97 Å². The lowest BCUT2D eigenvalue weighted by Gasteiger charge is -2.29. The number of hydrogen-bond acceptors (Lipinski definition) is 19. The summed E-state index contributed by atoms with van der Waals surface area (Å²) in [6.07, 6.45) is -4.58. The number of amides is 11. The molecule has 0 spiro atoms. The number of benzene rings is 3. The summed E-state index contributed by atoms with van der Waals surface area (Å²) in [5.41, 5.74) is 18.4. The highest BCUT2D eigenvalue weighted by Gasteiger charge is 2.38. The number of nitrogens with one attached hydrogen (secondary N) is 10. The number of rotatable bonds is 35. The Hall–Kier alpha value is -8.82. The number of carboxylic acids is 1. The van der Waals surface area contributed by atoms with Crippen molar-refractivity contribution < 1.29 is 83.1 Å². The van der Waals surface area contributed by atoms with Crippen LogP contribution in [0.4, 0.5) is 0 Å². The van der Waals surface area contributed by atoms with E-state index >= 15 is 0 Å². The van der Waals surface area contributed by atoms with Crippen LogP contribution in [0.25, 0.3) is 10.9 Å². The van der Waals surface area contributed by atoms with Gasteiger partial charge in [0, 0.05) is 54.3 Å². The molecule has 0 aliphatic heterocycles. The number of phenolic OH excluding ortho intramolecular Hbond substituents is 1. The number of fused-ring (bicyclic) bond motifs is 1. The van der Waals surface area contributed by atoms with Gasteiger partial charge in [-0.1, -0.05) is 60.7 Å². The Bertz CT molecular complexity index is 3080. The highest BCUT2D eigenvalue weighted by molar-refractivity contribution is 7.80. The fourth-order valence-corrected chi connectivity index (χ4v) is 8.92. The number of H-pyrrole nitrogens is 1. The summed E-state index contributed by atoms with van der Waals surface area (Å²) in [7, 11) is 0. The first-order chi connectivity index (χ1) is 41.2. The first-order valence-electron chi connectivity index (χ1n) is 27.0. The van der Waals surface area contributed by atoms with E-state index < -0.39 is 163 Å². The highest BCUT2D eigenvalue weighted by Crippen LogP contribution is 2.20. The molecule has 1 heterocycles. The lowest BCUT2D eigenvalue weighted by molar-refractivity contribution is -0.141. The second kappa shape index (κ2) is 34.4. The zero-order valence-electron chi connectivity index (χ0n) is 47.1. The number of aromatic hydroxyl groups is 1.